The Labute approximate surface area is 59.9 Å². The molecule has 0 fully saturated rings. The number of hydrogen-bond acceptors (Lipinski definition) is 3. The minimum atomic E-state index is -0.455. The summed E-state index contributed by atoms with van der Waals surface area (Å²) in [5.74, 6) is 0. The van der Waals surface area contributed by atoms with Gasteiger partial charge in [0.15, 0.2) is 0 Å². The smallest absolute Gasteiger partial charge is 0.419 e. The lowest BCUT2D eigenvalue weighted by atomic mass is 11.1. The van der Waals surface area contributed by atoms with E-state index in [2.05, 4.69) is 17.6 Å². The maximum Gasteiger partial charge on any atom is 0.419 e. The summed E-state index contributed by atoms with van der Waals surface area (Å²) >= 11 is 3.63. The lowest BCUT2D eigenvalue weighted by Crippen LogP contribution is -3.00. The largest absolute Gasteiger partial charge is 1.00 e. The molecule has 8 heavy (non-hydrogen) atoms. The van der Waals surface area contributed by atoms with E-state index in [9.17, 15) is 4.79 Å². The van der Waals surface area contributed by atoms with Gasteiger partial charge in [-0.15, -0.1) is 0 Å². The lowest BCUT2D eigenvalue weighted by molar-refractivity contribution is -0.00000685. The molecule has 0 heterocycles. The molecular weight excluding hydrogens is 150 g/mol. The van der Waals surface area contributed by atoms with Crippen molar-refractivity contribution in [2.75, 3.05) is 14.2 Å². The van der Waals surface area contributed by atoms with Crippen LogP contribution in [0.25, 0.3) is 0 Å². The van der Waals surface area contributed by atoms with Crippen LogP contribution in [0.15, 0.2) is 0 Å². The van der Waals surface area contributed by atoms with Crippen molar-refractivity contribution in [1.29, 1.82) is 0 Å². The van der Waals surface area contributed by atoms with E-state index in [4.69, 9.17) is 0 Å². The second-order valence-corrected chi connectivity index (χ2v) is 1.59. The van der Waals surface area contributed by atoms with E-state index in [0.29, 0.717) is 0 Å². The predicted molar refractivity (Wildman–Crippen MR) is 29.2 cm³/mol. The molecule has 50 valence electrons. The van der Waals surface area contributed by atoms with Crippen LogP contribution in [0.4, 0.5) is 4.79 Å². The van der Waals surface area contributed by atoms with Gasteiger partial charge in [-0.25, -0.2) is 4.79 Å². The minimum Gasteiger partial charge on any atom is -1.00 e. The van der Waals surface area contributed by atoms with Crippen LogP contribution in [0.5, 0.6) is 0 Å². The molecule has 5 heteroatoms. The zero-order chi connectivity index (χ0) is 5.86. The topological polar surface area (TPSA) is 29.5 Å². The van der Waals surface area contributed by atoms with Gasteiger partial charge in [-0.3, -0.25) is 4.31 Å². The van der Waals surface area contributed by atoms with Crippen molar-refractivity contribution in [1.82, 2.24) is 4.31 Å². The second kappa shape index (κ2) is 5.05. The Bertz CT molecular complexity index is 77.7. The van der Waals surface area contributed by atoms with E-state index in [1.54, 1.807) is 0 Å². The quantitative estimate of drug-likeness (QED) is 0.394. The molecule has 0 aliphatic carbocycles. The van der Waals surface area contributed by atoms with Gasteiger partial charge in [-0.2, -0.15) is 0 Å². The molecule has 0 aromatic rings. The lowest BCUT2D eigenvalue weighted by Gasteiger charge is -2.03. The molecule has 0 rings (SSSR count). The van der Waals surface area contributed by atoms with Crippen molar-refractivity contribution in [3.8, 4) is 0 Å². The summed E-state index contributed by atoms with van der Waals surface area (Å²) in [5.41, 5.74) is 0. The van der Waals surface area contributed by atoms with Gasteiger partial charge in [-0.05, 0) is 0 Å². The van der Waals surface area contributed by atoms with Crippen LogP contribution < -0.4 is 12.4 Å². The minimum absolute atomic E-state index is 0. The fourth-order valence-corrected chi connectivity index (χ4v) is 0.214. The molecule has 0 bridgehead atoms. The Morgan fingerprint density at radius 2 is 2.12 bits per heavy atom. The maximum atomic E-state index is 10.1. The van der Waals surface area contributed by atoms with Gasteiger partial charge in [0.1, 0.15) is 0 Å². The molecule has 0 aliphatic rings. The third-order valence-electron chi connectivity index (χ3n) is 0.439. The van der Waals surface area contributed by atoms with Crippen LogP contribution >= 0.6 is 12.8 Å². The third kappa shape index (κ3) is 4.08. The highest BCUT2D eigenvalue weighted by molar-refractivity contribution is 7.78. The van der Waals surface area contributed by atoms with Gasteiger partial charge in [0.05, 0.1) is 7.11 Å². The van der Waals surface area contributed by atoms with E-state index >= 15 is 0 Å². The van der Waals surface area contributed by atoms with E-state index in [1.807, 2.05) is 0 Å². The molecule has 0 N–H and O–H groups in total. The molecule has 0 saturated heterocycles. The normalized spacial score (nSPS) is 6.88. The van der Waals surface area contributed by atoms with Crippen molar-refractivity contribution in [3.05, 3.63) is 0 Å². The number of thiol groups is 1. The summed E-state index contributed by atoms with van der Waals surface area (Å²) in [6.07, 6.45) is -0.455. The fourth-order valence-electron chi connectivity index (χ4n) is 0.132. The molecule has 0 radical (unpaired) electrons. The number of hydrogen-bond donors (Lipinski definition) is 1. The monoisotopic (exact) mass is 156 g/mol. The van der Waals surface area contributed by atoms with Crippen LogP contribution in [-0.2, 0) is 4.74 Å². The van der Waals surface area contributed by atoms with Crippen molar-refractivity contribution in [2.45, 2.75) is 0 Å². The number of carbonyl (C=O) groups excluding carboxylic acids is 1. The summed E-state index contributed by atoms with van der Waals surface area (Å²) in [6.45, 7) is 0. The van der Waals surface area contributed by atoms with Gasteiger partial charge >= 0.3 is 6.09 Å². The molecule has 1 amide bonds. The van der Waals surface area contributed by atoms with Crippen LogP contribution in [-0.4, -0.2) is 24.6 Å². The van der Waals surface area contributed by atoms with E-state index in [-0.39, 0.29) is 12.4 Å². The molecule has 0 saturated carbocycles. The molecule has 0 aromatic carbocycles. The highest BCUT2D eigenvalue weighted by Gasteiger charge is 1.98. The summed E-state index contributed by atoms with van der Waals surface area (Å²) in [5, 5.41) is 0. The first kappa shape index (κ1) is 10.8. The molecule has 0 spiro atoms. The SMILES string of the molecule is COC(=O)N(C)S.[Cl-]. The number of ether oxygens (including phenoxy) is 1. The zero-order valence-corrected chi connectivity index (χ0v) is 6.24. The maximum absolute atomic E-state index is 10.1. The van der Waals surface area contributed by atoms with Crippen molar-refractivity contribution >= 4 is 18.9 Å². The molecule has 0 aromatic heterocycles. The molecule has 0 atom stereocenters. The van der Waals surface area contributed by atoms with E-state index < -0.39 is 6.09 Å². The number of amides is 1. The van der Waals surface area contributed by atoms with Crippen molar-refractivity contribution < 1.29 is 21.9 Å². The Hall–Kier alpha value is -0.0900. The number of nitrogens with zero attached hydrogens (tertiary/aromatic N) is 1. The van der Waals surface area contributed by atoms with Gasteiger partial charge in [0, 0.05) is 7.05 Å². The third-order valence-corrected chi connectivity index (χ3v) is 0.602. The standard InChI is InChI=1S/C3H7NO2S.ClH/c1-4(7)3(5)6-2;/h7H,1-2H3;1H/p-1. The van der Waals surface area contributed by atoms with Gasteiger partial charge in [0.25, 0.3) is 0 Å². The van der Waals surface area contributed by atoms with Crippen LogP contribution in [0, 0.1) is 0 Å². The number of carbonyl (C=O) groups is 1. The summed E-state index contributed by atoms with van der Waals surface area (Å²) in [6, 6.07) is 0. The van der Waals surface area contributed by atoms with E-state index in [1.165, 1.54) is 14.2 Å². The Balaban J connectivity index is 0. The molecule has 0 unspecified atom stereocenters. The highest BCUT2D eigenvalue weighted by Crippen LogP contribution is 1.88. The number of methoxy groups -OCH3 is 1. The highest BCUT2D eigenvalue weighted by atomic mass is 35.5. The molecule has 0 aliphatic heterocycles. The van der Waals surface area contributed by atoms with Crippen LogP contribution in [0.3, 0.4) is 0 Å². The van der Waals surface area contributed by atoms with Gasteiger partial charge in [0.2, 0.25) is 0 Å². The Kier molecular flexibility index (Phi) is 6.83. The molecule has 3 nitrogen and oxygen atoms in total. The number of rotatable bonds is 0. The summed E-state index contributed by atoms with van der Waals surface area (Å²) in [4.78, 5) is 10.1. The first-order valence-electron chi connectivity index (χ1n) is 1.69. The van der Waals surface area contributed by atoms with Crippen molar-refractivity contribution in [2.24, 2.45) is 0 Å². The second-order valence-electron chi connectivity index (χ2n) is 0.994. The van der Waals surface area contributed by atoms with Crippen LogP contribution in [0.1, 0.15) is 0 Å². The van der Waals surface area contributed by atoms with E-state index in [0.717, 1.165) is 4.31 Å². The summed E-state index contributed by atoms with van der Waals surface area (Å²) < 4.78 is 5.28. The van der Waals surface area contributed by atoms with Crippen LogP contribution in [0.2, 0.25) is 0 Å². The Morgan fingerprint density at radius 3 is 2.12 bits per heavy atom. The number of halogens is 1. The summed E-state index contributed by atoms with van der Waals surface area (Å²) in [7, 11) is 2.80. The first-order chi connectivity index (χ1) is 3.18. The fraction of sp³-hybridized carbons (Fsp3) is 0.667. The predicted octanol–water partition coefficient (Wildman–Crippen LogP) is -2.47. The average Bonchev–Trinajstić information content (AvgIpc) is 1.65. The van der Waals surface area contributed by atoms with Crippen molar-refractivity contribution in [3.63, 3.8) is 0 Å². The molecular formula is C3H7ClNO2S-. The van der Waals surface area contributed by atoms with Gasteiger partial charge < -0.3 is 17.1 Å². The van der Waals surface area contributed by atoms with Gasteiger partial charge in [-0.1, -0.05) is 12.8 Å². The first-order valence-corrected chi connectivity index (χ1v) is 2.09. The average molecular weight is 157 g/mol. The Morgan fingerprint density at radius 1 is 1.75 bits per heavy atom. The zero-order valence-electron chi connectivity index (χ0n) is 4.59.